The first-order valence-electron chi connectivity index (χ1n) is 3.40. The molecule has 0 spiro atoms. The van der Waals surface area contributed by atoms with E-state index in [4.69, 9.17) is 0 Å². The molecule has 0 amide bonds. The number of hydrogen-bond acceptors (Lipinski definition) is 2. The van der Waals surface area contributed by atoms with Crippen LogP contribution >= 0.6 is 0 Å². The van der Waals surface area contributed by atoms with Gasteiger partial charge in [-0.1, -0.05) is 18.2 Å². The van der Waals surface area contributed by atoms with Gasteiger partial charge in [-0.2, -0.15) is 0 Å². The van der Waals surface area contributed by atoms with Crippen LogP contribution in [0.2, 0.25) is 0 Å². The second-order valence-electron chi connectivity index (χ2n) is 2.53. The van der Waals surface area contributed by atoms with E-state index < -0.39 is 5.97 Å². The van der Waals surface area contributed by atoms with E-state index >= 15 is 0 Å². The van der Waals surface area contributed by atoms with E-state index in [9.17, 15) is 9.90 Å². The van der Waals surface area contributed by atoms with Crippen molar-refractivity contribution in [3.63, 3.8) is 0 Å². The van der Waals surface area contributed by atoms with Crippen molar-refractivity contribution < 1.29 is 27.0 Å². The number of aromatic carboxylic acids is 1. The van der Waals surface area contributed by atoms with E-state index in [2.05, 4.69) is 0 Å². The van der Waals surface area contributed by atoms with Gasteiger partial charge in [0.2, 0.25) is 0 Å². The molecule has 0 heterocycles. The van der Waals surface area contributed by atoms with Gasteiger partial charge in [0.1, 0.15) is 0 Å². The summed E-state index contributed by atoms with van der Waals surface area (Å²) in [5, 5.41) is 10.5. The van der Waals surface area contributed by atoms with Gasteiger partial charge in [0.05, 0.1) is 5.97 Å². The molecule has 3 heteroatoms. The summed E-state index contributed by atoms with van der Waals surface area (Å²) in [5.74, 6) is -1.11. The quantitative estimate of drug-likeness (QED) is 0.642. The molecule has 0 bridgehead atoms. The number of aryl methyl sites for hydroxylation is 1. The van der Waals surface area contributed by atoms with Crippen molar-refractivity contribution in [2.45, 2.75) is 13.8 Å². The topological polar surface area (TPSA) is 40.1 Å². The van der Waals surface area contributed by atoms with Gasteiger partial charge in [-0.3, -0.25) is 0 Å². The normalized spacial score (nSPS) is 8.83. The van der Waals surface area contributed by atoms with Crippen LogP contribution in [0.5, 0.6) is 0 Å². The van der Waals surface area contributed by atoms with Crippen molar-refractivity contribution in [1.29, 1.82) is 0 Å². The van der Waals surface area contributed by atoms with Crippen molar-refractivity contribution in [1.82, 2.24) is 0 Å². The second-order valence-corrected chi connectivity index (χ2v) is 2.53. The number of rotatable bonds is 1. The molecule has 0 saturated carbocycles. The standard InChI is InChI=1S/C9H10O2.Cu/c1-6-4-3-5-8(7(6)2)9(10)11;/h3-5H,1-2H3,(H,10,11);/q;+1/p-1. The van der Waals surface area contributed by atoms with Crippen LogP contribution in [0.1, 0.15) is 21.5 Å². The average molecular weight is 213 g/mol. The minimum atomic E-state index is -1.11. The predicted octanol–water partition coefficient (Wildman–Crippen LogP) is 0.664. The minimum Gasteiger partial charge on any atom is -0.545 e. The first-order chi connectivity index (χ1) is 5.13. The second kappa shape index (κ2) is 4.29. The van der Waals surface area contributed by atoms with Crippen LogP contribution in [-0.4, -0.2) is 5.97 Å². The Hall–Kier alpha value is -0.791. The molecule has 0 unspecified atom stereocenters. The third kappa shape index (κ3) is 2.10. The third-order valence-electron chi connectivity index (χ3n) is 1.82. The van der Waals surface area contributed by atoms with Gasteiger partial charge >= 0.3 is 17.1 Å². The van der Waals surface area contributed by atoms with Crippen molar-refractivity contribution in [3.05, 3.63) is 34.9 Å². The molecule has 0 atom stereocenters. The van der Waals surface area contributed by atoms with E-state index in [1.54, 1.807) is 19.1 Å². The van der Waals surface area contributed by atoms with Gasteiger partial charge in [0.15, 0.2) is 0 Å². The number of carbonyl (C=O) groups is 1. The average Bonchev–Trinajstić information content (AvgIpc) is 1.94. The van der Waals surface area contributed by atoms with Gasteiger partial charge in [0, 0.05) is 5.56 Å². The Labute approximate surface area is 82.1 Å². The zero-order valence-corrected chi connectivity index (χ0v) is 7.79. The molecule has 1 aromatic rings. The fourth-order valence-electron chi connectivity index (χ4n) is 0.972. The first-order valence-corrected chi connectivity index (χ1v) is 3.40. The Morgan fingerprint density at radius 3 is 2.33 bits per heavy atom. The van der Waals surface area contributed by atoms with Gasteiger partial charge in [-0.15, -0.1) is 0 Å². The van der Waals surface area contributed by atoms with E-state index in [0.717, 1.165) is 11.1 Å². The Kier molecular flexibility index (Phi) is 4.01. The number of carboxylic acids is 1. The largest absolute Gasteiger partial charge is 1.00 e. The molecule has 0 radical (unpaired) electrons. The van der Waals surface area contributed by atoms with Crippen molar-refractivity contribution in [3.8, 4) is 0 Å². The molecule has 0 aromatic heterocycles. The van der Waals surface area contributed by atoms with Gasteiger partial charge < -0.3 is 9.90 Å². The maximum Gasteiger partial charge on any atom is 1.00 e. The summed E-state index contributed by atoms with van der Waals surface area (Å²) in [7, 11) is 0. The summed E-state index contributed by atoms with van der Waals surface area (Å²) in [6.45, 7) is 3.66. The third-order valence-corrected chi connectivity index (χ3v) is 1.82. The summed E-state index contributed by atoms with van der Waals surface area (Å²) in [5.41, 5.74) is 2.05. The van der Waals surface area contributed by atoms with Crippen molar-refractivity contribution in [2.24, 2.45) is 0 Å². The van der Waals surface area contributed by atoms with Crippen LogP contribution in [-0.2, 0) is 17.1 Å². The maximum atomic E-state index is 10.5. The van der Waals surface area contributed by atoms with Crippen LogP contribution in [0.15, 0.2) is 18.2 Å². The van der Waals surface area contributed by atoms with Gasteiger partial charge in [0.25, 0.3) is 0 Å². The monoisotopic (exact) mass is 212 g/mol. The Bertz CT molecular complexity index is 295. The molecular formula is C9H9CuO2. The molecule has 0 aliphatic rings. The molecule has 2 nitrogen and oxygen atoms in total. The molecule has 1 aromatic carbocycles. The molecule has 68 valence electrons. The SMILES string of the molecule is Cc1cccc(C(=O)[O-])c1C.[Cu+]. The summed E-state index contributed by atoms with van der Waals surface area (Å²) >= 11 is 0. The van der Waals surface area contributed by atoms with Crippen LogP contribution in [0, 0.1) is 13.8 Å². The van der Waals surface area contributed by atoms with Crippen LogP contribution < -0.4 is 5.11 Å². The van der Waals surface area contributed by atoms with Crippen LogP contribution in [0.25, 0.3) is 0 Å². The molecule has 12 heavy (non-hydrogen) atoms. The number of hydrogen-bond donors (Lipinski definition) is 0. The van der Waals surface area contributed by atoms with Crippen molar-refractivity contribution >= 4 is 5.97 Å². The van der Waals surface area contributed by atoms with E-state index in [-0.39, 0.29) is 22.6 Å². The molecule has 0 N–H and O–H groups in total. The first kappa shape index (κ1) is 11.2. The molecule has 0 saturated heterocycles. The van der Waals surface area contributed by atoms with Crippen LogP contribution in [0.4, 0.5) is 0 Å². The molecule has 0 fully saturated rings. The van der Waals surface area contributed by atoms with Gasteiger partial charge in [-0.05, 0) is 25.0 Å². The van der Waals surface area contributed by atoms with Gasteiger partial charge in [-0.25, -0.2) is 0 Å². The smallest absolute Gasteiger partial charge is 0.545 e. The van der Waals surface area contributed by atoms with E-state index in [1.807, 2.05) is 13.0 Å². The van der Waals surface area contributed by atoms with E-state index in [1.165, 1.54) is 0 Å². The predicted molar refractivity (Wildman–Crippen MR) is 40.2 cm³/mol. The summed E-state index contributed by atoms with van der Waals surface area (Å²) in [4.78, 5) is 10.5. The molecular weight excluding hydrogens is 204 g/mol. The minimum absolute atomic E-state index is 0. The van der Waals surface area contributed by atoms with Crippen LogP contribution in [0.3, 0.4) is 0 Å². The van der Waals surface area contributed by atoms with Crippen molar-refractivity contribution in [2.75, 3.05) is 0 Å². The Balaban J connectivity index is 0.00000121. The number of benzene rings is 1. The Morgan fingerprint density at radius 2 is 1.92 bits per heavy atom. The summed E-state index contributed by atoms with van der Waals surface area (Å²) in [6.07, 6.45) is 0. The zero-order chi connectivity index (χ0) is 8.43. The summed E-state index contributed by atoms with van der Waals surface area (Å²) in [6, 6.07) is 5.15. The zero-order valence-electron chi connectivity index (χ0n) is 6.85. The molecule has 0 aliphatic carbocycles. The summed E-state index contributed by atoms with van der Waals surface area (Å²) < 4.78 is 0. The maximum absolute atomic E-state index is 10.5. The fourth-order valence-corrected chi connectivity index (χ4v) is 0.972. The number of carboxylic acid groups (broad SMARTS) is 1. The van der Waals surface area contributed by atoms with E-state index in [0.29, 0.717) is 0 Å². The Morgan fingerprint density at radius 1 is 1.33 bits per heavy atom. The molecule has 0 aliphatic heterocycles. The molecule has 1 rings (SSSR count). The fraction of sp³-hybridized carbons (Fsp3) is 0.222. The number of carbonyl (C=O) groups excluding carboxylic acids is 1.